The van der Waals surface area contributed by atoms with Gasteiger partial charge in [0.2, 0.25) is 0 Å². The van der Waals surface area contributed by atoms with Gasteiger partial charge in [-0.2, -0.15) is 0 Å². The first kappa shape index (κ1) is 11.2. The average Bonchev–Trinajstić information content (AvgIpc) is 2.70. The topological polar surface area (TPSA) is 17.8 Å². The van der Waals surface area contributed by atoms with Crippen LogP contribution in [0.25, 0.3) is 0 Å². The van der Waals surface area contributed by atoms with Crippen molar-refractivity contribution in [2.45, 2.75) is 26.3 Å². The lowest BCUT2D eigenvalue weighted by atomic mass is 9.97. The van der Waals surface area contributed by atoms with Gasteiger partial charge in [-0.3, -0.25) is 0 Å². The third-order valence-electron chi connectivity index (χ3n) is 2.63. The molecule has 0 saturated heterocycles. The number of nitrogens with zero attached hydrogens (tertiary/aromatic N) is 2. The summed E-state index contributed by atoms with van der Waals surface area (Å²) >= 11 is 6.24. The highest BCUT2D eigenvalue weighted by molar-refractivity contribution is 6.31. The van der Waals surface area contributed by atoms with Crippen LogP contribution in [0.5, 0.6) is 0 Å². The zero-order valence-corrected chi connectivity index (χ0v) is 10.3. The molecule has 16 heavy (non-hydrogen) atoms. The largest absolute Gasteiger partial charge is 0.333 e. The Morgan fingerprint density at radius 2 is 2.19 bits per heavy atom. The predicted molar refractivity (Wildman–Crippen MR) is 66.9 cm³/mol. The quantitative estimate of drug-likeness (QED) is 0.792. The first-order chi connectivity index (χ1) is 7.68. The van der Waals surface area contributed by atoms with Crippen molar-refractivity contribution < 1.29 is 0 Å². The Morgan fingerprint density at radius 1 is 1.38 bits per heavy atom. The summed E-state index contributed by atoms with van der Waals surface area (Å²) in [6, 6.07) is 6.08. The molecule has 0 atom stereocenters. The minimum absolute atomic E-state index is 0.437. The van der Waals surface area contributed by atoms with Gasteiger partial charge in [0.15, 0.2) is 0 Å². The maximum atomic E-state index is 6.24. The summed E-state index contributed by atoms with van der Waals surface area (Å²) in [5, 5.41) is 0.854. The SMILES string of the molecule is CC(C)c1c(Cl)cccc1Cn1ccnc1. The summed E-state index contributed by atoms with van der Waals surface area (Å²) in [4.78, 5) is 4.05. The van der Waals surface area contributed by atoms with Gasteiger partial charge in [-0.15, -0.1) is 0 Å². The van der Waals surface area contributed by atoms with E-state index in [1.807, 2.05) is 24.7 Å². The van der Waals surface area contributed by atoms with E-state index in [-0.39, 0.29) is 0 Å². The molecule has 0 unspecified atom stereocenters. The molecule has 3 heteroatoms. The predicted octanol–water partition coefficient (Wildman–Crippen LogP) is 3.71. The van der Waals surface area contributed by atoms with Crippen LogP contribution in [0, 0.1) is 0 Å². The average molecular weight is 235 g/mol. The van der Waals surface area contributed by atoms with Crippen LogP contribution < -0.4 is 0 Å². The van der Waals surface area contributed by atoms with E-state index in [9.17, 15) is 0 Å². The van der Waals surface area contributed by atoms with Crippen molar-refractivity contribution in [3.63, 3.8) is 0 Å². The summed E-state index contributed by atoms with van der Waals surface area (Å²) in [5.74, 6) is 0.437. The molecule has 0 saturated carbocycles. The number of hydrogen-bond acceptors (Lipinski definition) is 1. The van der Waals surface area contributed by atoms with Gasteiger partial charge in [0, 0.05) is 24.0 Å². The van der Waals surface area contributed by atoms with Crippen LogP contribution in [0.15, 0.2) is 36.9 Å². The normalized spacial score (nSPS) is 11.0. The maximum Gasteiger partial charge on any atom is 0.0949 e. The summed E-state index contributed by atoms with van der Waals surface area (Å²) < 4.78 is 2.05. The number of hydrogen-bond donors (Lipinski definition) is 0. The number of imidazole rings is 1. The minimum Gasteiger partial charge on any atom is -0.333 e. The molecule has 0 spiro atoms. The molecule has 84 valence electrons. The standard InChI is InChI=1S/C13H15ClN2/c1-10(2)13-11(4-3-5-12(13)14)8-16-7-6-15-9-16/h3-7,9-10H,8H2,1-2H3. The molecule has 1 aromatic heterocycles. The Morgan fingerprint density at radius 3 is 2.81 bits per heavy atom. The van der Waals surface area contributed by atoms with Crippen LogP contribution in [0.4, 0.5) is 0 Å². The lowest BCUT2D eigenvalue weighted by Gasteiger charge is -2.14. The second kappa shape index (κ2) is 4.71. The van der Waals surface area contributed by atoms with Crippen LogP contribution >= 0.6 is 11.6 Å². The zero-order chi connectivity index (χ0) is 11.5. The van der Waals surface area contributed by atoms with Crippen molar-refractivity contribution in [2.75, 3.05) is 0 Å². The van der Waals surface area contributed by atoms with Crippen molar-refractivity contribution in [1.82, 2.24) is 9.55 Å². The molecule has 0 aliphatic carbocycles. The highest BCUT2D eigenvalue weighted by Gasteiger charge is 2.10. The number of benzene rings is 1. The van der Waals surface area contributed by atoms with E-state index in [2.05, 4.69) is 29.5 Å². The van der Waals surface area contributed by atoms with Crippen LogP contribution in [0.2, 0.25) is 5.02 Å². The molecule has 2 aromatic rings. The van der Waals surface area contributed by atoms with Crippen molar-refractivity contribution in [1.29, 1.82) is 0 Å². The highest BCUT2D eigenvalue weighted by atomic mass is 35.5. The monoisotopic (exact) mass is 234 g/mol. The number of rotatable bonds is 3. The molecule has 2 rings (SSSR count). The van der Waals surface area contributed by atoms with Crippen LogP contribution in [-0.2, 0) is 6.54 Å². The lowest BCUT2D eigenvalue weighted by molar-refractivity contribution is 0.763. The van der Waals surface area contributed by atoms with Crippen molar-refractivity contribution >= 4 is 11.6 Å². The fourth-order valence-corrected chi connectivity index (χ4v) is 2.36. The molecular formula is C13H15ClN2. The molecule has 0 aliphatic heterocycles. The molecule has 0 aliphatic rings. The van der Waals surface area contributed by atoms with Crippen molar-refractivity contribution in [2.24, 2.45) is 0 Å². The van der Waals surface area contributed by atoms with Crippen LogP contribution in [0.3, 0.4) is 0 Å². The molecule has 2 nitrogen and oxygen atoms in total. The summed E-state index contributed by atoms with van der Waals surface area (Å²) in [6.07, 6.45) is 5.58. The summed E-state index contributed by atoms with van der Waals surface area (Å²) in [7, 11) is 0. The van der Waals surface area contributed by atoms with Gasteiger partial charge < -0.3 is 4.57 Å². The Kier molecular flexibility index (Phi) is 3.30. The van der Waals surface area contributed by atoms with Crippen molar-refractivity contribution in [3.05, 3.63) is 53.1 Å². The Labute approximate surface area is 101 Å². The van der Waals surface area contributed by atoms with Gasteiger partial charge in [0.05, 0.1) is 6.33 Å². The molecule has 1 heterocycles. The third kappa shape index (κ3) is 2.27. The molecule has 0 N–H and O–H groups in total. The van der Waals surface area contributed by atoms with Gasteiger partial charge in [-0.05, 0) is 23.1 Å². The molecule has 0 bridgehead atoms. The summed E-state index contributed by atoms with van der Waals surface area (Å²) in [5.41, 5.74) is 2.50. The van der Waals surface area contributed by atoms with Gasteiger partial charge >= 0.3 is 0 Å². The second-order valence-corrected chi connectivity index (χ2v) is 4.61. The lowest BCUT2D eigenvalue weighted by Crippen LogP contribution is -2.03. The second-order valence-electron chi connectivity index (χ2n) is 4.20. The molecular weight excluding hydrogens is 220 g/mol. The first-order valence-corrected chi connectivity index (χ1v) is 5.79. The van der Waals surface area contributed by atoms with Crippen molar-refractivity contribution in [3.8, 4) is 0 Å². The van der Waals surface area contributed by atoms with Gasteiger partial charge in [0.25, 0.3) is 0 Å². The number of halogens is 1. The fraction of sp³-hybridized carbons (Fsp3) is 0.308. The van der Waals surface area contributed by atoms with Gasteiger partial charge in [-0.25, -0.2) is 4.98 Å². The van der Waals surface area contributed by atoms with Gasteiger partial charge in [0.1, 0.15) is 0 Å². The zero-order valence-electron chi connectivity index (χ0n) is 9.52. The van der Waals surface area contributed by atoms with E-state index < -0.39 is 0 Å². The van der Waals surface area contributed by atoms with Gasteiger partial charge in [-0.1, -0.05) is 37.6 Å². The Hall–Kier alpha value is -1.28. The molecule has 0 radical (unpaired) electrons. The molecule has 0 fully saturated rings. The van der Waals surface area contributed by atoms with Crippen LogP contribution in [-0.4, -0.2) is 9.55 Å². The van der Waals surface area contributed by atoms with E-state index in [0.29, 0.717) is 5.92 Å². The van der Waals surface area contributed by atoms with E-state index in [0.717, 1.165) is 11.6 Å². The highest BCUT2D eigenvalue weighted by Crippen LogP contribution is 2.28. The fourth-order valence-electron chi connectivity index (χ4n) is 1.94. The third-order valence-corrected chi connectivity index (χ3v) is 2.96. The minimum atomic E-state index is 0.437. The maximum absolute atomic E-state index is 6.24. The van der Waals surface area contributed by atoms with E-state index in [1.54, 1.807) is 6.20 Å². The van der Waals surface area contributed by atoms with E-state index >= 15 is 0 Å². The van der Waals surface area contributed by atoms with Crippen LogP contribution in [0.1, 0.15) is 30.9 Å². The summed E-state index contributed by atoms with van der Waals surface area (Å²) in [6.45, 7) is 5.16. The van der Waals surface area contributed by atoms with E-state index in [4.69, 9.17) is 11.6 Å². The molecule has 1 aromatic carbocycles. The van der Waals surface area contributed by atoms with E-state index in [1.165, 1.54) is 11.1 Å². The molecule has 0 amide bonds. The smallest absolute Gasteiger partial charge is 0.0949 e. The number of aromatic nitrogens is 2. The first-order valence-electron chi connectivity index (χ1n) is 5.41. The Bertz CT molecular complexity index is 461. The Balaban J connectivity index is 2.37.